The number of nitrogens with one attached hydrogen (secondary N) is 1. The summed E-state index contributed by atoms with van der Waals surface area (Å²) < 4.78 is 48.0. The van der Waals surface area contributed by atoms with Gasteiger partial charge in [0.15, 0.2) is 6.29 Å². The van der Waals surface area contributed by atoms with Gasteiger partial charge in [-0.2, -0.15) is 8.42 Å². The Labute approximate surface area is 500 Å². The number of hydrogen-bond acceptors (Lipinski definition) is 10. The second-order valence-electron chi connectivity index (χ2n) is 24.8. The standard InChI is InChI=1S/C68H133NO11S/c1-3-5-7-9-11-13-15-17-19-21-23-24-25-26-27-28-29-30-31-32-33-34-35-36-37-38-40-42-44-46-48-50-52-54-56-58-64(72)69-61(60-78-68-66(74)67(80-81(75,76)77)65(73)63(59-70)79-68)62(71)57-55-53-51-49-47-45-43-41-39-22-20-18-16-14-12-10-8-6-4-2/h55,57,61-63,65-68,70-71,73-74H,3-54,56,58-60H2,1-2H3,(H,69,72)(H,75,76,77)/b57-55+. The molecule has 6 N–H and O–H groups in total. The number of carbonyl (C=O) groups excluding carboxylic acids is 1. The fourth-order valence-electron chi connectivity index (χ4n) is 11.7. The SMILES string of the molecule is CCCCCCCCCCCCCCCCCCC/C=C/C(O)C(COC1OC(CO)C(O)C(OS(=O)(=O)O)C1O)NC(=O)CCCCCCCCCCCCCCCCCCCCCCCCCCCCCCCCCCCCC. The van der Waals surface area contributed by atoms with E-state index in [4.69, 9.17) is 9.47 Å². The number of ether oxygens (including phenoxy) is 2. The van der Waals surface area contributed by atoms with Crippen molar-refractivity contribution in [3.63, 3.8) is 0 Å². The Balaban J connectivity index is 2.19. The van der Waals surface area contributed by atoms with E-state index < -0.39 is 59.9 Å². The molecule has 81 heavy (non-hydrogen) atoms. The first-order chi connectivity index (χ1) is 39.5. The molecule has 1 heterocycles. The van der Waals surface area contributed by atoms with Gasteiger partial charge in [-0.05, 0) is 19.3 Å². The van der Waals surface area contributed by atoms with Crippen LogP contribution in [0.2, 0.25) is 0 Å². The molecule has 1 amide bonds. The number of hydrogen-bond donors (Lipinski definition) is 6. The second kappa shape index (κ2) is 57.9. The molecular formula is C68H133NO11S. The molecule has 1 aliphatic rings. The minimum absolute atomic E-state index is 0.253. The highest BCUT2D eigenvalue weighted by Crippen LogP contribution is 2.26. The topological polar surface area (TPSA) is 192 Å². The van der Waals surface area contributed by atoms with Crippen LogP contribution in [0.15, 0.2) is 12.2 Å². The Morgan fingerprint density at radius 1 is 0.481 bits per heavy atom. The van der Waals surface area contributed by atoms with Gasteiger partial charge < -0.3 is 35.2 Å². The predicted octanol–water partition coefficient (Wildman–Crippen LogP) is 18.1. The number of amides is 1. The van der Waals surface area contributed by atoms with Crippen LogP contribution in [-0.2, 0) is 28.9 Å². The summed E-state index contributed by atoms with van der Waals surface area (Å²) in [5, 5.41) is 45.1. The van der Waals surface area contributed by atoms with Gasteiger partial charge >= 0.3 is 10.4 Å². The Hall–Kier alpha value is -1.16. The Kier molecular flexibility index (Phi) is 55.6. The van der Waals surface area contributed by atoms with Gasteiger partial charge in [-0.15, -0.1) is 0 Å². The molecule has 0 spiro atoms. The lowest BCUT2D eigenvalue weighted by atomic mass is 9.99. The third kappa shape index (κ3) is 49.6. The highest BCUT2D eigenvalue weighted by Gasteiger charge is 2.48. The van der Waals surface area contributed by atoms with Crippen LogP contribution in [0.1, 0.15) is 361 Å². The van der Waals surface area contributed by atoms with Crippen molar-refractivity contribution >= 4 is 16.3 Å². The van der Waals surface area contributed by atoms with E-state index in [1.165, 1.54) is 295 Å². The summed E-state index contributed by atoms with van der Waals surface area (Å²) in [7, 11) is -5.09. The zero-order valence-electron chi connectivity index (χ0n) is 52.9. The third-order valence-electron chi connectivity index (χ3n) is 17.1. The molecule has 1 saturated heterocycles. The first-order valence-corrected chi connectivity index (χ1v) is 36.4. The highest BCUT2D eigenvalue weighted by molar-refractivity contribution is 7.80. The fourth-order valence-corrected chi connectivity index (χ4v) is 12.2. The van der Waals surface area contributed by atoms with Crippen molar-refractivity contribution in [2.45, 2.75) is 403 Å². The largest absolute Gasteiger partial charge is 0.397 e. The zero-order chi connectivity index (χ0) is 59.0. The zero-order valence-corrected chi connectivity index (χ0v) is 53.7. The molecule has 0 bridgehead atoms. The van der Waals surface area contributed by atoms with Crippen LogP contribution in [0.25, 0.3) is 0 Å². The summed E-state index contributed by atoms with van der Waals surface area (Å²) >= 11 is 0. The number of unbranched alkanes of at least 4 members (excludes halogenated alkanes) is 51. The summed E-state index contributed by atoms with van der Waals surface area (Å²) in [6.45, 7) is 3.46. The Morgan fingerprint density at radius 2 is 0.778 bits per heavy atom. The number of carbonyl (C=O) groups is 1. The van der Waals surface area contributed by atoms with E-state index in [-0.39, 0.29) is 18.9 Å². The van der Waals surface area contributed by atoms with E-state index in [0.717, 1.165) is 38.5 Å². The average molecular weight is 1170 g/mol. The monoisotopic (exact) mass is 1170 g/mol. The van der Waals surface area contributed by atoms with E-state index >= 15 is 0 Å². The van der Waals surface area contributed by atoms with E-state index in [1.807, 2.05) is 6.08 Å². The number of aliphatic hydroxyl groups excluding tert-OH is 4. The minimum Gasteiger partial charge on any atom is -0.394 e. The van der Waals surface area contributed by atoms with Gasteiger partial charge in [-0.1, -0.05) is 347 Å². The van der Waals surface area contributed by atoms with Crippen molar-refractivity contribution in [2.75, 3.05) is 13.2 Å². The highest BCUT2D eigenvalue weighted by atomic mass is 32.3. The van der Waals surface area contributed by atoms with Crippen molar-refractivity contribution in [3.05, 3.63) is 12.2 Å². The molecule has 13 heteroatoms. The molecule has 0 saturated carbocycles. The van der Waals surface area contributed by atoms with Crippen LogP contribution in [-0.4, -0.2) is 95.4 Å². The first-order valence-electron chi connectivity index (χ1n) is 35.1. The van der Waals surface area contributed by atoms with Gasteiger partial charge in [0, 0.05) is 6.42 Å². The molecule has 1 fully saturated rings. The summed E-state index contributed by atoms with van der Waals surface area (Å²) in [5.41, 5.74) is 0. The van der Waals surface area contributed by atoms with Gasteiger partial charge in [0.05, 0.1) is 25.4 Å². The molecule has 1 rings (SSSR count). The molecule has 7 atom stereocenters. The molecule has 0 aromatic rings. The van der Waals surface area contributed by atoms with Crippen molar-refractivity contribution < 1.29 is 51.8 Å². The number of rotatable bonds is 63. The van der Waals surface area contributed by atoms with Crippen LogP contribution >= 0.6 is 0 Å². The van der Waals surface area contributed by atoms with Crippen LogP contribution in [0.4, 0.5) is 0 Å². The maximum atomic E-state index is 13.2. The van der Waals surface area contributed by atoms with Crippen LogP contribution in [0.5, 0.6) is 0 Å². The maximum Gasteiger partial charge on any atom is 0.397 e. The van der Waals surface area contributed by atoms with Crippen LogP contribution in [0.3, 0.4) is 0 Å². The normalized spacial score (nSPS) is 18.5. The Bertz CT molecular complexity index is 1470. The van der Waals surface area contributed by atoms with Gasteiger partial charge in [-0.3, -0.25) is 9.35 Å². The lowest BCUT2D eigenvalue weighted by Crippen LogP contribution is -2.61. The quantitative estimate of drug-likeness (QED) is 0.0193. The summed E-state index contributed by atoms with van der Waals surface area (Å²) in [6.07, 6.45) is 64.4. The molecule has 482 valence electrons. The number of aliphatic hydroxyl groups is 4. The van der Waals surface area contributed by atoms with E-state index in [9.17, 15) is 38.2 Å². The number of allylic oxidation sites excluding steroid dienone is 1. The smallest absolute Gasteiger partial charge is 0.394 e. The summed E-state index contributed by atoms with van der Waals surface area (Å²) in [5.74, 6) is -0.253. The minimum atomic E-state index is -5.09. The predicted molar refractivity (Wildman–Crippen MR) is 338 cm³/mol. The molecule has 12 nitrogen and oxygen atoms in total. The van der Waals surface area contributed by atoms with E-state index in [0.29, 0.717) is 6.42 Å². The van der Waals surface area contributed by atoms with Crippen molar-refractivity contribution in [1.29, 1.82) is 0 Å². The summed E-state index contributed by atoms with van der Waals surface area (Å²) in [6, 6.07) is -0.941. The maximum absolute atomic E-state index is 13.2. The van der Waals surface area contributed by atoms with Crippen LogP contribution < -0.4 is 5.32 Å². The third-order valence-corrected chi connectivity index (χ3v) is 17.5. The lowest BCUT2D eigenvalue weighted by Gasteiger charge is -2.41. The first kappa shape index (κ1) is 77.9. The van der Waals surface area contributed by atoms with Crippen LogP contribution in [0, 0.1) is 0 Å². The van der Waals surface area contributed by atoms with Gasteiger partial charge in [0.2, 0.25) is 5.91 Å². The molecule has 7 unspecified atom stereocenters. The lowest BCUT2D eigenvalue weighted by molar-refractivity contribution is -0.298. The van der Waals surface area contributed by atoms with E-state index in [1.54, 1.807) is 6.08 Å². The van der Waals surface area contributed by atoms with Gasteiger partial charge in [0.1, 0.15) is 24.4 Å². The molecular weight excluding hydrogens is 1040 g/mol. The van der Waals surface area contributed by atoms with Gasteiger partial charge in [-0.25, -0.2) is 4.18 Å². The van der Waals surface area contributed by atoms with Crippen molar-refractivity contribution in [1.82, 2.24) is 5.32 Å². The molecule has 1 aliphatic heterocycles. The molecule has 0 aliphatic carbocycles. The molecule has 0 aromatic heterocycles. The van der Waals surface area contributed by atoms with E-state index in [2.05, 4.69) is 23.3 Å². The Morgan fingerprint density at radius 3 is 1.07 bits per heavy atom. The fraction of sp³-hybridized carbons (Fsp3) is 0.956. The second-order valence-corrected chi connectivity index (χ2v) is 25.9. The molecule has 0 aromatic carbocycles. The summed E-state index contributed by atoms with van der Waals surface area (Å²) in [4.78, 5) is 13.2. The van der Waals surface area contributed by atoms with Crippen molar-refractivity contribution in [3.8, 4) is 0 Å². The molecule has 0 radical (unpaired) electrons. The van der Waals surface area contributed by atoms with Crippen molar-refractivity contribution in [2.24, 2.45) is 0 Å². The average Bonchev–Trinajstić information content (AvgIpc) is 3.48. The van der Waals surface area contributed by atoms with Gasteiger partial charge in [0.25, 0.3) is 0 Å².